The predicted octanol–water partition coefficient (Wildman–Crippen LogP) is 3.55. The molecule has 0 aliphatic heterocycles. The molecule has 0 saturated heterocycles. The van der Waals surface area contributed by atoms with Crippen LogP contribution in [-0.2, 0) is 9.47 Å². The molecular weight excluding hydrogens is 334 g/mol. The number of hydrogen-bond donors (Lipinski definition) is 1. The van der Waals surface area contributed by atoms with Gasteiger partial charge >= 0.3 is 0 Å². The largest absolute Gasteiger partial charge is 0.493 e. The highest BCUT2D eigenvalue weighted by Crippen LogP contribution is 2.27. The Balaban J connectivity index is 2.31. The third-order valence-electron chi connectivity index (χ3n) is 3.08. The molecule has 0 saturated carbocycles. The van der Waals surface area contributed by atoms with E-state index in [0.29, 0.717) is 32.5 Å². The van der Waals surface area contributed by atoms with Crippen LogP contribution in [0.15, 0.2) is 22.7 Å². The number of rotatable bonds is 11. The predicted molar refractivity (Wildman–Crippen MR) is 89.0 cm³/mol. The first-order valence-electron chi connectivity index (χ1n) is 7.41. The van der Waals surface area contributed by atoms with E-state index in [2.05, 4.69) is 41.2 Å². The smallest absolute Gasteiger partial charge is 0.120 e. The highest BCUT2D eigenvalue weighted by Gasteiger charge is 2.09. The highest BCUT2D eigenvalue weighted by atomic mass is 79.9. The number of benzene rings is 1. The molecule has 1 aromatic rings. The summed E-state index contributed by atoms with van der Waals surface area (Å²) in [5, 5.41) is 3.40. The van der Waals surface area contributed by atoms with Gasteiger partial charge < -0.3 is 19.5 Å². The van der Waals surface area contributed by atoms with Crippen molar-refractivity contribution in [1.82, 2.24) is 5.32 Å². The molecule has 4 nitrogen and oxygen atoms in total. The second-order valence-electron chi connectivity index (χ2n) is 4.77. The van der Waals surface area contributed by atoms with Gasteiger partial charge in [-0.15, -0.1) is 0 Å². The molecule has 0 aliphatic rings. The van der Waals surface area contributed by atoms with Crippen LogP contribution in [0.3, 0.4) is 0 Å². The maximum atomic E-state index is 5.73. The molecule has 5 heteroatoms. The zero-order chi connectivity index (χ0) is 15.5. The van der Waals surface area contributed by atoms with Crippen LogP contribution in [0.1, 0.15) is 31.9 Å². The fraction of sp³-hybridized carbons (Fsp3) is 0.625. The third kappa shape index (κ3) is 7.27. The van der Waals surface area contributed by atoms with E-state index in [1.165, 1.54) is 5.56 Å². The van der Waals surface area contributed by atoms with Gasteiger partial charge in [-0.3, -0.25) is 0 Å². The first kappa shape index (κ1) is 18.4. The molecule has 0 radical (unpaired) electrons. The van der Waals surface area contributed by atoms with Crippen LogP contribution in [0.5, 0.6) is 5.75 Å². The number of ether oxygens (including phenoxy) is 3. The Morgan fingerprint density at radius 3 is 2.67 bits per heavy atom. The van der Waals surface area contributed by atoms with E-state index in [0.717, 1.165) is 23.2 Å². The highest BCUT2D eigenvalue weighted by molar-refractivity contribution is 9.10. The summed E-state index contributed by atoms with van der Waals surface area (Å²) in [7, 11) is 1.67. The normalized spacial score (nSPS) is 12.4. The van der Waals surface area contributed by atoms with Gasteiger partial charge in [0.1, 0.15) is 5.75 Å². The van der Waals surface area contributed by atoms with Crippen LogP contribution in [-0.4, -0.2) is 40.1 Å². The maximum Gasteiger partial charge on any atom is 0.120 e. The SMILES string of the molecule is CCNC(C)c1ccc(OCCCOCCOC)cc1Br. The van der Waals surface area contributed by atoms with Crippen molar-refractivity contribution in [3.63, 3.8) is 0 Å². The second kappa shape index (κ2) is 11.0. The molecule has 120 valence electrons. The van der Waals surface area contributed by atoms with Crippen molar-refractivity contribution >= 4 is 15.9 Å². The molecule has 1 aromatic carbocycles. The summed E-state index contributed by atoms with van der Waals surface area (Å²) in [6.07, 6.45) is 0.872. The lowest BCUT2D eigenvalue weighted by Crippen LogP contribution is -2.18. The number of methoxy groups -OCH3 is 1. The van der Waals surface area contributed by atoms with Gasteiger partial charge in [0.05, 0.1) is 19.8 Å². The molecule has 21 heavy (non-hydrogen) atoms. The van der Waals surface area contributed by atoms with Gasteiger partial charge in [-0.2, -0.15) is 0 Å². The minimum Gasteiger partial charge on any atom is -0.493 e. The van der Waals surface area contributed by atoms with Gasteiger partial charge in [0.25, 0.3) is 0 Å². The molecule has 1 rings (SSSR count). The first-order valence-corrected chi connectivity index (χ1v) is 8.20. The van der Waals surface area contributed by atoms with E-state index in [1.54, 1.807) is 7.11 Å². The van der Waals surface area contributed by atoms with Crippen molar-refractivity contribution < 1.29 is 14.2 Å². The molecule has 1 N–H and O–H groups in total. The van der Waals surface area contributed by atoms with Gasteiger partial charge in [-0.1, -0.05) is 28.9 Å². The summed E-state index contributed by atoms with van der Waals surface area (Å²) in [5.74, 6) is 0.881. The van der Waals surface area contributed by atoms with E-state index >= 15 is 0 Å². The Hall–Kier alpha value is -0.620. The number of nitrogens with one attached hydrogen (secondary N) is 1. The molecule has 0 aliphatic carbocycles. The van der Waals surface area contributed by atoms with E-state index in [4.69, 9.17) is 14.2 Å². The van der Waals surface area contributed by atoms with E-state index in [1.807, 2.05) is 12.1 Å². The lowest BCUT2D eigenvalue weighted by atomic mass is 10.1. The van der Waals surface area contributed by atoms with Gasteiger partial charge in [0, 0.05) is 30.7 Å². The fourth-order valence-corrected chi connectivity index (χ4v) is 2.66. The Bertz CT molecular complexity index is 401. The van der Waals surface area contributed by atoms with Crippen LogP contribution < -0.4 is 10.1 Å². The summed E-state index contributed by atoms with van der Waals surface area (Å²) in [5.41, 5.74) is 1.24. The quantitative estimate of drug-likeness (QED) is 0.613. The number of halogens is 1. The van der Waals surface area contributed by atoms with E-state index < -0.39 is 0 Å². The molecule has 0 fully saturated rings. The molecule has 0 spiro atoms. The second-order valence-corrected chi connectivity index (χ2v) is 5.62. The van der Waals surface area contributed by atoms with Crippen LogP contribution >= 0.6 is 15.9 Å². The van der Waals surface area contributed by atoms with Crippen molar-refractivity contribution in [2.45, 2.75) is 26.3 Å². The maximum absolute atomic E-state index is 5.73. The Morgan fingerprint density at radius 1 is 1.19 bits per heavy atom. The standard InChI is InChI=1S/C16H26BrNO3/c1-4-18-13(2)15-7-6-14(12-16(15)17)21-9-5-8-20-11-10-19-3/h6-7,12-13,18H,4-5,8-11H2,1-3H3. The summed E-state index contributed by atoms with van der Waals surface area (Å²) in [4.78, 5) is 0. The van der Waals surface area contributed by atoms with Crippen LogP contribution in [0.25, 0.3) is 0 Å². The zero-order valence-electron chi connectivity index (χ0n) is 13.2. The van der Waals surface area contributed by atoms with E-state index in [-0.39, 0.29) is 0 Å². The summed E-state index contributed by atoms with van der Waals surface area (Å²) in [6, 6.07) is 6.46. The average Bonchev–Trinajstić information content (AvgIpc) is 2.46. The monoisotopic (exact) mass is 359 g/mol. The first-order chi connectivity index (χ1) is 10.2. The fourth-order valence-electron chi connectivity index (χ4n) is 1.96. The van der Waals surface area contributed by atoms with Gasteiger partial charge in [0.15, 0.2) is 0 Å². The van der Waals surface area contributed by atoms with Crippen LogP contribution in [0, 0.1) is 0 Å². The van der Waals surface area contributed by atoms with Gasteiger partial charge in [-0.05, 0) is 31.2 Å². The summed E-state index contributed by atoms with van der Waals surface area (Å²) >= 11 is 3.61. The van der Waals surface area contributed by atoms with Crippen LogP contribution in [0.4, 0.5) is 0 Å². The topological polar surface area (TPSA) is 39.7 Å². The van der Waals surface area contributed by atoms with Crippen molar-refractivity contribution in [2.75, 3.05) is 40.1 Å². The minimum absolute atomic E-state index is 0.326. The third-order valence-corrected chi connectivity index (χ3v) is 3.77. The average molecular weight is 360 g/mol. The Labute approximate surface area is 136 Å². The van der Waals surface area contributed by atoms with E-state index in [9.17, 15) is 0 Å². The Morgan fingerprint density at radius 2 is 2.00 bits per heavy atom. The lowest BCUT2D eigenvalue weighted by molar-refractivity contribution is 0.0644. The molecule has 1 unspecified atom stereocenters. The van der Waals surface area contributed by atoms with Crippen LogP contribution in [0.2, 0.25) is 0 Å². The summed E-state index contributed by atoms with van der Waals surface area (Å²) < 4.78 is 17.1. The molecular formula is C16H26BrNO3. The summed E-state index contributed by atoms with van der Waals surface area (Å²) in [6.45, 7) is 7.84. The molecule has 0 heterocycles. The lowest BCUT2D eigenvalue weighted by Gasteiger charge is -2.15. The zero-order valence-corrected chi connectivity index (χ0v) is 14.7. The van der Waals surface area contributed by atoms with Crippen molar-refractivity contribution in [3.8, 4) is 5.75 Å². The van der Waals surface area contributed by atoms with Gasteiger partial charge in [0.2, 0.25) is 0 Å². The van der Waals surface area contributed by atoms with Gasteiger partial charge in [-0.25, -0.2) is 0 Å². The Kier molecular flexibility index (Phi) is 9.67. The molecule has 0 aromatic heterocycles. The number of hydrogen-bond acceptors (Lipinski definition) is 4. The molecule has 0 bridgehead atoms. The molecule has 1 atom stereocenters. The van der Waals surface area contributed by atoms with Crippen molar-refractivity contribution in [2.24, 2.45) is 0 Å². The molecule has 0 amide bonds. The van der Waals surface area contributed by atoms with Crippen molar-refractivity contribution in [3.05, 3.63) is 28.2 Å². The van der Waals surface area contributed by atoms with Crippen molar-refractivity contribution in [1.29, 1.82) is 0 Å². The minimum atomic E-state index is 0.326.